The third-order valence-electron chi connectivity index (χ3n) is 5.77. The molecule has 0 bridgehead atoms. The maximum atomic E-state index is 12.3. The van der Waals surface area contributed by atoms with Gasteiger partial charge in [0.1, 0.15) is 0 Å². The van der Waals surface area contributed by atoms with E-state index in [9.17, 15) is 4.79 Å². The van der Waals surface area contributed by atoms with Crippen LogP contribution in [-0.4, -0.2) is 35.0 Å². The fourth-order valence-corrected chi connectivity index (χ4v) is 3.83. The zero-order valence-corrected chi connectivity index (χ0v) is 13.2. The van der Waals surface area contributed by atoms with Gasteiger partial charge in [0.2, 0.25) is 11.9 Å². The standard InChI is InChI=1S/C17H24N4O/c1-12-10-18-16(19-11-12)21-7-5-17(6-8-21)9-14(17)15(22)20-13-3-2-4-13/h10-11,13-14H,2-9H2,1H3,(H,20,22)/t14-/m0/s1. The molecule has 2 heterocycles. The average molecular weight is 300 g/mol. The van der Waals surface area contributed by atoms with Crippen LogP contribution in [0, 0.1) is 18.3 Å². The van der Waals surface area contributed by atoms with Crippen LogP contribution in [-0.2, 0) is 4.79 Å². The van der Waals surface area contributed by atoms with Gasteiger partial charge >= 0.3 is 0 Å². The summed E-state index contributed by atoms with van der Waals surface area (Å²) >= 11 is 0. The van der Waals surface area contributed by atoms with Gasteiger partial charge in [0.05, 0.1) is 0 Å². The highest BCUT2D eigenvalue weighted by Gasteiger charge is 2.58. The first kappa shape index (κ1) is 14.0. The Balaban J connectivity index is 1.32. The monoisotopic (exact) mass is 300 g/mol. The Hall–Kier alpha value is -1.65. The van der Waals surface area contributed by atoms with Crippen molar-refractivity contribution in [2.45, 2.75) is 51.5 Å². The number of piperidine rings is 1. The quantitative estimate of drug-likeness (QED) is 0.928. The number of anilines is 1. The zero-order chi connectivity index (χ0) is 15.2. The summed E-state index contributed by atoms with van der Waals surface area (Å²) < 4.78 is 0. The van der Waals surface area contributed by atoms with Crippen LogP contribution in [0.2, 0.25) is 0 Å². The van der Waals surface area contributed by atoms with Crippen molar-refractivity contribution in [2.75, 3.05) is 18.0 Å². The molecule has 22 heavy (non-hydrogen) atoms. The second-order valence-electron chi connectivity index (χ2n) is 7.30. The maximum Gasteiger partial charge on any atom is 0.225 e. The van der Waals surface area contributed by atoms with E-state index in [1.54, 1.807) is 0 Å². The van der Waals surface area contributed by atoms with Crippen LogP contribution >= 0.6 is 0 Å². The number of rotatable bonds is 3. The number of aryl methyl sites for hydroxylation is 1. The summed E-state index contributed by atoms with van der Waals surface area (Å²) in [5.41, 5.74) is 1.36. The van der Waals surface area contributed by atoms with Crippen molar-refractivity contribution in [3.8, 4) is 0 Å². The SMILES string of the molecule is Cc1cnc(N2CCC3(CC2)C[C@H]3C(=O)NC2CCC2)nc1. The second kappa shape index (κ2) is 5.21. The Morgan fingerprint density at radius 2 is 1.95 bits per heavy atom. The molecule has 1 atom stereocenters. The van der Waals surface area contributed by atoms with E-state index in [2.05, 4.69) is 20.2 Å². The smallest absolute Gasteiger partial charge is 0.225 e. The predicted molar refractivity (Wildman–Crippen MR) is 84.5 cm³/mol. The predicted octanol–water partition coefficient (Wildman–Crippen LogP) is 2.06. The largest absolute Gasteiger partial charge is 0.353 e. The number of amides is 1. The highest BCUT2D eigenvalue weighted by molar-refractivity contribution is 5.83. The number of nitrogens with zero attached hydrogens (tertiary/aromatic N) is 3. The molecule has 1 N–H and O–H groups in total. The van der Waals surface area contributed by atoms with Crippen molar-refractivity contribution in [3.05, 3.63) is 18.0 Å². The molecule has 1 aliphatic heterocycles. The molecule has 3 aliphatic rings. The lowest BCUT2D eigenvalue weighted by molar-refractivity contribution is -0.124. The van der Waals surface area contributed by atoms with Crippen molar-refractivity contribution >= 4 is 11.9 Å². The minimum absolute atomic E-state index is 0.259. The molecule has 0 unspecified atom stereocenters. The van der Waals surface area contributed by atoms with Crippen molar-refractivity contribution in [2.24, 2.45) is 11.3 Å². The molecule has 5 nitrogen and oxygen atoms in total. The molecule has 5 heteroatoms. The Morgan fingerprint density at radius 3 is 2.55 bits per heavy atom. The molecule has 3 fully saturated rings. The lowest BCUT2D eigenvalue weighted by Gasteiger charge is -2.33. The Morgan fingerprint density at radius 1 is 1.27 bits per heavy atom. The summed E-state index contributed by atoms with van der Waals surface area (Å²) in [6.07, 6.45) is 10.6. The first-order valence-corrected chi connectivity index (χ1v) is 8.50. The molecule has 2 saturated carbocycles. The summed E-state index contributed by atoms with van der Waals surface area (Å²) in [7, 11) is 0. The number of hydrogen-bond donors (Lipinski definition) is 1. The van der Waals surface area contributed by atoms with Gasteiger partial charge in [-0.1, -0.05) is 0 Å². The van der Waals surface area contributed by atoms with Gasteiger partial charge in [-0.15, -0.1) is 0 Å². The van der Waals surface area contributed by atoms with Gasteiger partial charge < -0.3 is 10.2 Å². The highest BCUT2D eigenvalue weighted by Crippen LogP contribution is 2.59. The van der Waals surface area contributed by atoms with E-state index >= 15 is 0 Å². The molecule has 1 saturated heterocycles. The fourth-order valence-electron chi connectivity index (χ4n) is 3.83. The van der Waals surface area contributed by atoms with Gasteiger partial charge in [-0.25, -0.2) is 9.97 Å². The molecular weight excluding hydrogens is 276 g/mol. The Labute approximate surface area is 131 Å². The van der Waals surface area contributed by atoms with Gasteiger partial charge in [-0.05, 0) is 56.4 Å². The van der Waals surface area contributed by atoms with E-state index in [4.69, 9.17) is 0 Å². The van der Waals surface area contributed by atoms with E-state index in [-0.39, 0.29) is 11.3 Å². The third-order valence-corrected chi connectivity index (χ3v) is 5.77. The van der Waals surface area contributed by atoms with Gasteiger partial charge in [0.15, 0.2) is 0 Å². The first-order valence-electron chi connectivity index (χ1n) is 8.50. The second-order valence-corrected chi connectivity index (χ2v) is 7.30. The zero-order valence-electron chi connectivity index (χ0n) is 13.2. The van der Waals surface area contributed by atoms with E-state index < -0.39 is 0 Å². The van der Waals surface area contributed by atoms with E-state index in [0.717, 1.165) is 43.9 Å². The normalized spacial score (nSPS) is 26.6. The molecule has 0 radical (unpaired) electrons. The van der Waals surface area contributed by atoms with Crippen LogP contribution < -0.4 is 10.2 Å². The Kier molecular flexibility index (Phi) is 3.31. The lowest BCUT2D eigenvalue weighted by atomic mass is 9.89. The number of nitrogens with one attached hydrogen (secondary N) is 1. The lowest BCUT2D eigenvalue weighted by Crippen LogP contribution is -2.42. The molecule has 1 aromatic rings. The van der Waals surface area contributed by atoms with Crippen LogP contribution in [0.15, 0.2) is 12.4 Å². The van der Waals surface area contributed by atoms with Crippen molar-refractivity contribution in [3.63, 3.8) is 0 Å². The average Bonchev–Trinajstić information content (AvgIpc) is 3.18. The van der Waals surface area contributed by atoms with Crippen molar-refractivity contribution in [1.82, 2.24) is 15.3 Å². The molecule has 0 aromatic carbocycles. The molecule has 4 rings (SSSR count). The number of hydrogen-bond acceptors (Lipinski definition) is 4. The summed E-state index contributed by atoms with van der Waals surface area (Å²) in [6.45, 7) is 3.94. The van der Waals surface area contributed by atoms with Crippen molar-refractivity contribution < 1.29 is 4.79 Å². The number of carbonyl (C=O) groups is 1. The van der Waals surface area contributed by atoms with E-state index in [0.29, 0.717) is 11.9 Å². The molecular formula is C17H24N4O. The van der Waals surface area contributed by atoms with Gasteiger partial charge in [0.25, 0.3) is 0 Å². The molecule has 2 aliphatic carbocycles. The third kappa shape index (κ3) is 2.46. The summed E-state index contributed by atoms with van der Waals surface area (Å²) in [5.74, 6) is 1.40. The van der Waals surface area contributed by atoms with Gasteiger partial charge in [-0.3, -0.25) is 4.79 Å². The van der Waals surface area contributed by atoms with Crippen LogP contribution in [0.4, 0.5) is 5.95 Å². The fraction of sp³-hybridized carbons (Fsp3) is 0.706. The van der Waals surface area contributed by atoms with Crippen LogP contribution in [0.5, 0.6) is 0 Å². The van der Waals surface area contributed by atoms with Crippen LogP contribution in [0.1, 0.15) is 44.1 Å². The minimum atomic E-state index is 0.259. The van der Waals surface area contributed by atoms with Crippen molar-refractivity contribution in [1.29, 1.82) is 0 Å². The first-order chi connectivity index (χ1) is 10.7. The highest BCUT2D eigenvalue weighted by atomic mass is 16.2. The number of aromatic nitrogens is 2. The topological polar surface area (TPSA) is 58.1 Å². The summed E-state index contributed by atoms with van der Waals surface area (Å²) in [4.78, 5) is 23.4. The van der Waals surface area contributed by atoms with Gasteiger partial charge in [-0.2, -0.15) is 0 Å². The maximum absolute atomic E-state index is 12.3. The summed E-state index contributed by atoms with van der Waals surface area (Å²) in [6, 6.07) is 0.464. The molecule has 1 amide bonds. The minimum Gasteiger partial charge on any atom is -0.353 e. The van der Waals surface area contributed by atoms with Crippen LogP contribution in [0.25, 0.3) is 0 Å². The van der Waals surface area contributed by atoms with Gasteiger partial charge in [0, 0.05) is 37.4 Å². The number of carbonyl (C=O) groups excluding carboxylic acids is 1. The molecule has 1 spiro atoms. The summed E-state index contributed by atoms with van der Waals surface area (Å²) in [5, 5.41) is 3.22. The molecule has 118 valence electrons. The Bertz CT molecular complexity index is 559. The van der Waals surface area contributed by atoms with E-state index in [1.165, 1.54) is 19.3 Å². The molecule has 1 aromatic heterocycles. The van der Waals surface area contributed by atoms with Crippen LogP contribution in [0.3, 0.4) is 0 Å². The van der Waals surface area contributed by atoms with E-state index in [1.807, 2.05) is 19.3 Å².